The average molecular weight is 1130 g/mol. The molecule has 6 nitrogen and oxygen atoms in total. The Morgan fingerprint density at radius 1 is 0.639 bits per heavy atom. The Bertz CT molecular complexity index is 4150. The second-order valence-corrected chi connectivity index (χ2v) is 18.3. The van der Waals surface area contributed by atoms with Crippen LogP contribution in [0.1, 0.15) is 71.4 Å². The van der Waals surface area contributed by atoms with Gasteiger partial charge in [-0.1, -0.05) is 144 Å². The van der Waals surface area contributed by atoms with Gasteiger partial charge in [0.2, 0.25) is 0 Å². The van der Waals surface area contributed by atoms with Gasteiger partial charge in [-0.3, -0.25) is 0 Å². The Kier molecular flexibility index (Phi) is 9.97. The zero-order valence-electron chi connectivity index (χ0n) is 50.3. The van der Waals surface area contributed by atoms with Gasteiger partial charge in [0.15, 0.2) is 0 Å². The molecule has 0 fully saturated rings. The number of fused-ring (bicyclic) bond motifs is 5. The van der Waals surface area contributed by atoms with Crippen LogP contribution in [-0.2, 0) is 40.2 Å². The van der Waals surface area contributed by atoms with E-state index in [9.17, 15) is 11.0 Å². The van der Waals surface area contributed by atoms with Gasteiger partial charge in [-0.15, -0.1) is 47.6 Å². The number of pyridine rings is 1. The Morgan fingerprint density at radius 3 is 2.12 bits per heavy atom. The molecule has 0 unspecified atom stereocenters. The summed E-state index contributed by atoms with van der Waals surface area (Å²) in [7, 11) is 0. The first-order valence-electron chi connectivity index (χ1n) is 29.1. The molecule has 10 aromatic rings. The van der Waals surface area contributed by atoms with E-state index in [-0.39, 0.29) is 78.9 Å². The van der Waals surface area contributed by atoms with Crippen molar-refractivity contribution in [2.24, 2.45) is 11.8 Å². The number of ether oxygens (including phenoxy) is 2. The van der Waals surface area contributed by atoms with Gasteiger partial charge < -0.3 is 23.8 Å². The van der Waals surface area contributed by atoms with Gasteiger partial charge in [-0.05, 0) is 113 Å². The van der Waals surface area contributed by atoms with Crippen molar-refractivity contribution in [3.05, 3.63) is 211 Å². The largest absolute Gasteiger partial charge is 0.509 e. The maximum Gasteiger partial charge on any atom is 0.135 e. The van der Waals surface area contributed by atoms with Gasteiger partial charge in [0.05, 0.1) is 5.48 Å². The Morgan fingerprint density at radius 2 is 1.35 bits per heavy atom. The van der Waals surface area contributed by atoms with Gasteiger partial charge in [0, 0.05) is 86.3 Å². The minimum Gasteiger partial charge on any atom is -0.509 e. The van der Waals surface area contributed by atoms with Crippen LogP contribution in [0.4, 0.5) is 22.7 Å². The SMILES string of the molecule is [2H]c1c([2H])c([2H])c2c(c1[2H])c1ccc3[c-]c1n2-c1cc(C([2H])([2H])C(C)C)c(cn1)-c1ccc(cc1)Oc1cccc(c1)-c1cc(C([2H])([2H])CC)cc(-c2ccccc2)c1N1[CH-]N(c2[c-]c(c(C([2H])([2H])C(C)C)cc2)O3)c2ccccc21.[Pt]. The van der Waals surface area contributed by atoms with E-state index in [0.717, 1.165) is 39.3 Å². The number of rotatable bonds is 7. The third kappa shape index (κ3) is 8.77. The number of hydrogen-bond donors (Lipinski definition) is 0. The molecule has 0 amide bonds. The zero-order chi connectivity index (χ0) is 57.0. The molecule has 0 saturated heterocycles. The predicted molar refractivity (Wildman–Crippen MR) is 292 cm³/mol. The molecule has 2 aromatic heterocycles. The summed E-state index contributed by atoms with van der Waals surface area (Å²) in [6, 6.07) is 50.6. The minimum absolute atomic E-state index is 0. The fourth-order valence-corrected chi connectivity index (χ4v) is 9.66. The van der Waals surface area contributed by atoms with Crippen molar-refractivity contribution < 1.29 is 44.2 Å². The van der Waals surface area contributed by atoms with Crippen LogP contribution in [0.3, 0.4) is 0 Å². The number of aromatic nitrogens is 2. The maximum absolute atomic E-state index is 9.58. The summed E-state index contributed by atoms with van der Waals surface area (Å²) in [6.07, 6.45) is -3.76. The number of para-hydroxylation sites is 3. The zero-order valence-corrected chi connectivity index (χ0v) is 42.6. The molecule has 7 heteroatoms. The van der Waals surface area contributed by atoms with E-state index in [1.807, 2.05) is 140 Å². The summed E-state index contributed by atoms with van der Waals surface area (Å²) in [6.45, 7) is 11.0. The molecule has 360 valence electrons. The van der Waals surface area contributed by atoms with Crippen molar-refractivity contribution in [2.45, 2.75) is 60.2 Å². The van der Waals surface area contributed by atoms with Crippen molar-refractivity contribution in [1.29, 1.82) is 0 Å². The van der Waals surface area contributed by atoms with Crippen molar-refractivity contribution in [2.75, 3.05) is 9.80 Å². The fraction of sp³-hybridized carbons (Fsp3) is 0.169. The topological polar surface area (TPSA) is 42.8 Å². The molecule has 0 spiro atoms. The summed E-state index contributed by atoms with van der Waals surface area (Å²) in [4.78, 5) is 9.02. The Hall–Kier alpha value is -7.40. The molecule has 8 aromatic carbocycles. The standard InChI is InChI=1S/C65H55N4O2.Pt/c1-6-15-44-34-56(45-16-8-7-9-17-45)65-57(35-44)47-18-14-19-52(36-47)70-51-28-25-46(26-29-51)58-40-66-64(37-49(58)33-43(4)5)69-59-21-11-10-20-54(59)55-31-30-53(39-62(55)69)71-63-38-50(27-24-48(63)32-42(2)3)67-41-68(65)61-23-13-12-22-60(61)67;/h7-14,16-31,34-37,40-43H,6,15,32-33H2,1-5H3;/q-3;/i10D,11D,15D2,20D,21D,32D2,33D2;. The van der Waals surface area contributed by atoms with Crippen LogP contribution in [0.25, 0.3) is 61.0 Å². The molecule has 0 radical (unpaired) electrons. The summed E-state index contributed by atoms with van der Waals surface area (Å²) in [5, 5.41) is 0.622. The van der Waals surface area contributed by atoms with E-state index in [1.54, 1.807) is 62.7 Å². The number of benzene rings is 8. The quantitative estimate of drug-likeness (QED) is 0.149. The summed E-state index contributed by atoms with van der Waals surface area (Å²) in [5.74, 6) is 0.362. The number of aryl methyl sites for hydroxylation is 1. The van der Waals surface area contributed by atoms with Crippen LogP contribution < -0.4 is 19.3 Å². The van der Waals surface area contributed by atoms with Crippen LogP contribution >= 0.6 is 0 Å². The van der Waals surface area contributed by atoms with Crippen molar-refractivity contribution in [3.8, 4) is 62.2 Å². The van der Waals surface area contributed by atoms with Crippen LogP contribution in [0.2, 0.25) is 0 Å². The van der Waals surface area contributed by atoms with E-state index in [2.05, 4.69) is 17.0 Å². The molecule has 72 heavy (non-hydrogen) atoms. The first kappa shape index (κ1) is 36.5. The Balaban J connectivity index is 0.00000705. The van der Waals surface area contributed by atoms with E-state index >= 15 is 0 Å². The maximum atomic E-state index is 9.58. The average Bonchev–Trinajstić information content (AvgIpc) is 4.06. The molecular formula is C65H55N4O2Pt-3. The molecular weight excluding hydrogens is 1060 g/mol. The van der Waals surface area contributed by atoms with Crippen molar-refractivity contribution in [3.63, 3.8) is 0 Å². The third-order valence-electron chi connectivity index (χ3n) is 12.6. The summed E-state index contributed by atoms with van der Waals surface area (Å²) < 4.78 is 108. The first-order valence-corrected chi connectivity index (χ1v) is 24.1. The van der Waals surface area contributed by atoms with Gasteiger partial charge >= 0.3 is 0 Å². The van der Waals surface area contributed by atoms with Gasteiger partial charge in [-0.2, -0.15) is 12.1 Å². The molecule has 0 N–H and O–H groups in total. The Labute approximate surface area is 451 Å². The van der Waals surface area contributed by atoms with Crippen LogP contribution in [-0.4, -0.2) is 9.55 Å². The van der Waals surface area contributed by atoms with Crippen LogP contribution in [0, 0.1) is 30.6 Å². The summed E-state index contributed by atoms with van der Waals surface area (Å²) in [5.41, 5.74) is 8.54. The molecule has 6 heterocycles. The monoisotopic (exact) mass is 1130 g/mol. The second kappa shape index (κ2) is 19.7. The molecule has 4 aliphatic heterocycles. The molecule has 4 aliphatic rings. The molecule has 14 rings (SSSR count). The third-order valence-corrected chi connectivity index (χ3v) is 12.6. The minimum atomic E-state index is -1.94. The molecule has 0 saturated carbocycles. The fourth-order valence-electron chi connectivity index (χ4n) is 9.66. The van der Waals surface area contributed by atoms with Crippen LogP contribution in [0.15, 0.2) is 176 Å². The van der Waals surface area contributed by atoms with E-state index < -0.39 is 43.0 Å². The molecule has 12 bridgehead atoms. The number of nitrogens with zero attached hydrogens (tertiary/aromatic N) is 4. The van der Waals surface area contributed by atoms with Gasteiger partial charge in [-0.25, -0.2) is 4.98 Å². The van der Waals surface area contributed by atoms with E-state index in [4.69, 9.17) is 17.2 Å². The number of anilines is 4. The first-order chi connectivity index (χ1) is 38.7. The molecule has 0 aliphatic carbocycles. The van der Waals surface area contributed by atoms with E-state index in [1.165, 1.54) is 0 Å². The summed E-state index contributed by atoms with van der Waals surface area (Å²) >= 11 is 0. The number of hydrogen-bond acceptors (Lipinski definition) is 5. The predicted octanol–water partition coefficient (Wildman–Crippen LogP) is 17.4. The van der Waals surface area contributed by atoms with Gasteiger partial charge in [0.25, 0.3) is 0 Å². The van der Waals surface area contributed by atoms with E-state index in [0.29, 0.717) is 44.8 Å². The smallest absolute Gasteiger partial charge is 0.135 e. The second-order valence-electron chi connectivity index (χ2n) is 18.3. The van der Waals surface area contributed by atoms with Gasteiger partial charge in [0.1, 0.15) is 17.3 Å². The van der Waals surface area contributed by atoms with Crippen LogP contribution in [0.5, 0.6) is 23.0 Å². The normalized spacial score (nSPS) is 15.3. The van der Waals surface area contributed by atoms with Crippen molar-refractivity contribution >= 4 is 44.6 Å². The molecule has 0 atom stereocenters. The van der Waals surface area contributed by atoms with Crippen molar-refractivity contribution in [1.82, 2.24) is 9.55 Å².